The van der Waals surface area contributed by atoms with Crippen LogP contribution in [0.25, 0.3) is 0 Å². The summed E-state index contributed by atoms with van der Waals surface area (Å²) in [4.78, 5) is 46.1. The number of carbonyl (C=O) groups excluding carboxylic acids is 4. The number of ether oxygens (including phenoxy) is 2. The molecule has 0 saturated carbocycles. The molecule has 8 nitrogen and oxygen atoms in total. The lowest BCUT2D eigenvalue weighted by atomic mass is 10.3. The number of aliphatic hydroxyl groups excluding tert-OH is 2. The Labute approximate surface area is 556 Å². The molecule has 0 aromatic heterocycles. The molecule has 0 radical (unpaired) electrons. The highest BCUT2D eigenvalue weighted by molar-refractivity contribution is 8.51. The Hall–Kier alpha value is 3.22. The van der Waals surface area contributed by atoms with Crippen LogP contribution in [0, 0.1) is 0 Å². The highest BCUT2D eigenvalue weighted by Crippen LogP contribution is 2.73. The molecule has 424 valence electrons. The first-order valence-corrected chi connectivity index (χ1v) is 44.9. The van der Waals surface area contributed by atoms with Crippen LogP contribution in [0.5, 0.6) is 0 Å². The van der Waals surface area contributed by atoms with E-state index in [9.17, 15) is 19.2 Å². The van der Waals surface area contributed by atoms with Gasteiger partial charge in [0.25, 0.3) is 0 Å². The highest BCUT2D eigenvalue weighted by Gasteiger charge is 2.37. The van der Waals surface area contributed by atoms with E-state index in [1.165, 1.54) is 76.3 Å². The summed E-state index contributed by atoms with van der Waals surface area (Å²) in [5, 5.41) is 18.2. The average molecular weight is 1500 g/mol. The Morgan fingerprint density at radius 2 is 0.744 bits per heavy atom. The second-order valence-electron chi connectivity index (χ2n) is 14.3. The van der Waals surface area contributed by atoms with E-state index in [1.807, 2.05) is 226 Å². The van der Waals surface area contributed by atoms with E-state index < -0.39 is 21.0 Å². The molecule has 32 heteroatoms. The van der Waals surface area contributed by atoms with E-state index >= 15 is 0 Å². The zero-order valence-corrected chi connectivity index (χ0v) is 61.1. The molecule has 0 aromatic carbocycles. The van der Waals surface area contributed by atoms with E-state index in [-0.39, 0.29) is 23.8 Å². The van der Waals surface area contributed by atoms with E-state index in [0.29, 0.717) is 48.8 Å². The van der Waals surface area contributed by atoms with Crippen molar-refractivity contribution in [1.82, 2.24) is 0 Å². The Balaban J connectivity index is 0.000000662. The monoisotopic (exact) mass is 1500 g/mol. The van der Waals surface area contributed by atoms with Gasteiger partial charge in [0, 0.05) is 21.7 Å². The predicted molar refractivity (Wildman–Crippen MR) is 395 cm³/mol. The largest absolute Gasteiger partial charge is 0.466 e. The summed E-state index contributed by atoms with van der Waals surface area (Å²) < 4.78 is 35.3. The lowest BCUT2D eigenvalue weighted by Crippen LogP contribution is -2.04. The van der Waals surface area contributed by atoms with Crippen LogP contribution in [0.2, 0.25) is 0 Å². The Morgan fingerprint density at radius 1 is 0.462 bits per heavy atom. The van der Waals surface area contributed by atoms with Gasteiger partial charge in [0.15, 0.2) is 11.2 Å². The maximum absolute atomic E-state index is 12.0. The molecule has 9 rings (SSSR count). The minimum absolute atomic E-state index is 0.122. The zero-order chi connectivity index (χ0) is 55.6. The van der Waals surface area contributed by atoms with E-state index in [2.05, 4.69) is 49.9 Å². The van der Waals surface area contributed by atoms with Crippen LogP contribution in [0.3, 0.4) is 0 Å². The zero-order valence-electron chi connectivity index (χ0n) is 41.5. The van der Waals surface area contributed by atoms with Gasteiger partial charge >= 0.3 is 11.9 Å². The van der Waals surface area contributed by atoms with Gasteiger partial charge in [0.1, 0.15) is 0 Å². The van der Waals surface area contributed by atoms with Crippen molar-refractivity contribution in [3.05, 3.63) is 110 Å². The second kappa shape index (κ2) is 36.6. The molecule has 0 aromatic rings. The SMILES string of the molecule is C=S(C=O)CO.C=S(C=O)CO.CCOC(=O)CCSC1=C(SCCC(=O)OCC)SC(=CC=C2SC3=C(S2)SC(=C2SC4=C(SCSC5=C(SCS4)SC(=CC=C4SC6=C(S4)SC(=C4SC(CC)=C(CC)S4)S6)S5)S2)S3)S1. The van der Waals surface area contributed by atoms with Crippen LogP contribution >= 0.6 is 280 Å². The van der Waals surface area contributed by atoms with Gasteiger partial charge < -0.3 is 19.7 Å². The normalized spacial score (nSPS) is 20.9. The van der Waals surface area contributed by atoms with Crippen molar-refractivity contribution < 1.29 is 38.9 Å². The van der Waals surface area contributed by atoms with Crippen molar-refractivity contribution >= 4 is 315 Å². The number of hydrogen-bond acceptors (Lipinski definition) is 30. The first kappa shape index (κ1) is 68.7. The molecule has 9 aliphatic heterocycles. The molecular formula is C46H48O8S24. The quantitative estimate of drug-likeness (QED) is 0.0767. The molecule has 0 spiro atoms. The van der Waals surface area contributed by atoms with Crippen molar-refractivity contribution in [3.8, 4) is 0 Å². The molecule has 2 atom stereocenters. The number of thioether (sulfide) groups is 22. The summed E-state index contributed by atoms with van der Waals surface area (Å²) in [6, 6.07) is 0. The Kier molecular flexibility index (Phi) is 32.3. The molecular weight excluding hydrogens is 1450 g/mol. The van der Waals surface area contributed by atoms with Gasteiger partial charge in [0.05, 0.1) is 114 Å². The fraction of sp³-hybridized carbons (Fsp3) is 0.348. The first-order valence-electron chi connectivity index (χ1n) is 22.7. The van der Waals surface area contributed by atoms with Crippen LogP contribution < -0.4 is 0 Å². The summed E-state index contributed by atoms with van der Waals surface area (Å²) in [6.45, 7) is 9.03. The fourth-order valence-electron chi connectivity index (χ4n) is 5.61. The van der Waals surface area contributed by atoms with Crippen LogP contribution in [0.15, 0.2) is 110 Å². The van der Waals surface area contributed by atoms with Crippen LogP contribution in [-0.4, -0.2) is 91.9 Å². The van der Waals surface area contributed by atoms with Crippen LogP contribution in [0.1, 0.15) is 53.4 Å². The third-order valence-electron chi connectivity index (χ3n) is 8.97. The highest BCUT2D eigenvalue weighted by atomic mass is 32.3. The summed E-state index contributed by atoms with van der Waals surface area (Å²) in [5.74, 6) is 7.33. The maximum Gasteiger partial charge on any atom is 0.306 e. The number of hydrogen-bond donors (Lipinski definition) is 2. The lowest BCUT2D eigenvalue weighted by Gasteiger charge is -2.09. The van der Waals surface area contributed by atoms with E-state index in [0.717, 1.165) is 23.0 Å². The van der Waals surface area contributed by atoms with Crippen LogP contribution in [-0.2, 0) is 28.7 Å². The summed E-state index contributed by atoms with van der Waals surface area (Å²) >= 11 is 42.3. The summed E-state index contributed by atoms with van der Waals surface area (Å²) in [7, 11) is -1.32. The van der Waals surface area contributed by atoms with Gasteiger partial charge in [-0.1, -0.05) is 214 Å². The minimum Gasteiger partial charge on any atom is -0.466 e. The fourth-order valence-corrected chi connectivity index (χ4v) is 39.7. The number of esters is 2. The van der Waals surface area contributed by atoms with Crippen molar-refractivity contribution in [1.29, 1.82) is 0 Å². The number of aliphatic hydroxyl groups is 2. The second-order valence-corrected chi connectivity index (χ2v) is 45.6. The third-order valence-corrected chi connectivity index (χ3v) is 41.9. The lowest BCUT2D eigenvalue weighted by molar-refractivity contribution is -0.143. The molecule has 0 bridgehead atoms. The topological polar surface area (TPSA) is 127 Å². The predicted octanol–water partition coefficient (Wildman–Crippen LogP) is 21.0. The molecule has 0 aliphatic carbocycles. The van der Waals surface area contributed by atoms with Gasteiger partial charge in [0.2, 0.25) is 0 Å². The van der Waals surface area contributed by atoms with Gasteiger partial charge in [-0.15, -0.1) is 91.5 Å². The smallest absolute Gasteiger partial charge is 0.306 e. The van der Waals surface area contributed by atoms with Crippen molar-refractivity contribution in [2.24, 2.45) is 0 Å². The Morgan fingerprint density at radius 3 is 1.04 bits per heavy atom. The third kappa shape index (κ3) is 21.2. The Bertz CT molecular complexity index is 2640. The molecule has 0 amide bonds. The van der Waals surface area contributed by atoms with Gasteiger partial charge in [-0.25, -0.2) is 0 Å². The molecule has 9 heterocycles. The van der Waals surface area contributed by atoms with E-state index in [1.54, 1.807) is 56.9 Å². The first-order chi connectivity index (χ1) is 37.9. The number of carbonyl (C=O) groups is 4. The molecule has 9 aliphatic rings. The average Bonchev–Trinajstić information content (AvgIpc) is 4.34. The summed E-state index contributed by atoms with van der Waals surface area (Å²) in [6.07, 6.45) is 12.2. The molecule has 2 N–H and O–H groups in total. The standard InChI is InChI=1S/C40H36O4S22.2C3H6O2S/c1-5-19-20(6-2)52-33(51-19)38-63-34-35(64-38)58-26(57-34)12-10-24-55-29-30(56-24)48-18-50-32-31(49-17-47-29)61-39(62-32)40-65-36-37(66-40)60-25(59-36)11-9-23-53-27(45-15-13-21(41)43-7-3)28(54-23)46-16-14-22(42)44-8-4;2*1-6(2-4)3-5/h9-12H,5-8,13-18H2,1-4H3;2*2,5H,1,3H2. The van der Waals surface area contributed by atoms with E-state index in [4.69, 9.17) is 19.7 Å². The number of allylic oxidation sites excluding steroid dienone is 6. The maximum atomic E-state index is 12.0. The molecule has 0 fully saturated rings. The van der Waals surface area contributed by atoms with Crippen molar-refractivity contribution in [3.63, 3.8) is 0 Å². The number of rotatable bonds is 18. The summed E-state index contributed by atoms with van der Waals surface area (Å²) in [5.41, 5.74) is 1.28. The minimum atomic E-state index is -0.659. The van der Waals surface area contributed by atoms with Crippen molar-refractivity contribution in [2.75, 3.05) is 46.8 Å². The molecule has 78 heavy (non-hydrogen) atoms. The van der Waals surface area contributed by atoms with Gasteiger partial charge in [-0.05, 0) is 60.8 Å². The van der Waals surface area contributed by atoms with Gasteiger partial charge in [-0.3, -0.25) is 19.2 Å². The van der Waals surface area contributed by atoms with Crippen molar-refractivity contribution in [2.45, 2.75) is 53.4 Å². The molecule has 0 saturated heterocycles. The molecule has 2 unspecified atom stereocenters. The van der Waals surface area contributed by atoms with Crippen LogP contribution in [0.4, 0.5) is 0 Å². The van der Waals surface area contributed by atoms with Gasteiger partial charge in [-0.2, -0.15) is 0 Å².